The number of benzene rings is 2. The molecular weight excluding hydrogens is 360 g/mol. The number of nitrogens with zero attached hydrogens (tertiary/aromatic N) is 1. The van der Waals surface area contributed by atoms with Gasteiger partial charge in [0.2, 0.25) is 0 Å². The van der Waals surface area contributed by atoms with Gasteiger partial charge in [0.05, 0.1) is 0 Å². The number of carbonyl (C=O) groups is 1. The predicted octanol–water partition coefficient (Wildman–Crippen LogP) is 4.90. The topological polar surface area (TPSA) is 55.6 Å². The minimum absolute atomic E-state index is 0.0632. The van der Waals surface area contributed by atoms with E-state index in [1.54, 1.807) is 0 Å². The predicted molar refractivity (Wildman–Crippen MR) is 118 cm³/mol. The molecule has 2 aliphatic carbocycles. The molecule has 1 spiro atoms. The van der Waals surface area contributed by atoms with Crippen LogP contribution in [0, 0.1) is 5.41 Å². The molecule has 2 aliphatic rings. The van der Waals surface area contributed by atoms with Crippen LogP contribution in [0.2, 0.25) is 0 Å². The lowest BCUT2D eigenvalue weighted by Gasteiger charge is -2.45. The van der Waals surface area contributed by atoms with Gasteiger partial charge in [0.15, 0.2) is 6.61 Å². The van der Waals surface area contributed by atoms with Crippen molar-refractivity contribution in [2.45, 2.75) is 63.8 Å². The zero-order chi connectivity index (χ0) is 20.1. The normalized spacial score (nSPS) is 19.3. The summed E-state index contributed by atoms with van der Waals surface area (Å²) in [6.45, 7) is 1.21. The highest BCUT2D eigenvalue weighted by Crippen LogP contribution is 2.48. The second-order valence-electron chi connectivity index (χ2n) is 8.97. The second-order valence-corrected chi connectivity index (χ2v) is 8.97. The zero-order valence-corrected chi connectivity index (χ0v) is 17.4. The van der Waals surface area contributed by atoms with Gasteiger partial charge >= 0.3 is 0 Å². The number of hydrogen-bond acceptors (Lipinski definition) is 3. The van der Waals surface area contributed by atoms with Crippen molar-refractivity contribution in [1.82, 2.24) is 4.90 Å². The number of fused-ring (bicyclic) bond motifs is 1. The van der Waals surface area contributed by atoms with Crippen molar-refractivity contribution in [1.29, 1.82) is 0 Å². The molecule has 1 amide bonds. The third kappa shape index (κ3) is 4.75. The monoisotopic (exact) mass is 394 g/mol. The Balaban J connectivity index is 1.35. The maximum absolute atomic E-state index is 13.0. The molecule has 2 fully saturated rings. The molecule has 156 valence electrons. The first kappa shape index (κ1) is 20.2. The molecule has 0 unspecified atom stereocenters. The Morgan fingerprint density at radius 1 is 1.00 bits per heavy atom. The Hall–Kier alpha value is -2.07. The van der Waals surface area contributed by atoms with Crippen LogP contribution in [0.3, 0.4) is 0 Å². The van der Waals surface area contributed by atoms with Gasteiger partial charge in [0.25, 0.3) is 5.91 Å². The van der Waals surface area contributed by atoms with E-state index in [9.17, 15) is 4.79 Å². The lowest BCUT2D eigenvalue weighted by atomic mass is 9.64. The van der Waals surface area contributed by atoms with Crippen molar-refractivity contribution in [2.75, 3.05) is 19.7 Å². The fraction of sp³-hybridized carbons (Fsp3) is 0.560. The molecule has 0 aromatic heterocycles. The molecule has 2 aromatic rings. The number of carbonyl (C=O) groups excluding carboxylic acids is 1. The van der Waals surface area contributed by atoms with Crippen molar-refractivity contribution in [3.05, 3.63) is 42.5 Å². The molecule has 4 nitrogen and oxygen atoms in total. The Labute approximate surface area is 174 Å². The maximum Gasteiger partial charge on any atom is 0.260 e. The highest BCUT2D eigenvalue weighted by Gasteiger charge is 2.38. The third-order valence-electron chi connectivity index (χ3n) is 7.14. The van der Waals surface area contributed by atoms with Crippen LogP contribution in [0.5, 0.6) is 5.75 Å². The quantitative estimate of drug-likeness (QED) is 0.758. The van der Waals surface area contributed by atoms with Crippen LogP contribution in [0.4, 0.5) is 0 Å². The molecule has 0 saturated heterocycles. The first-order valence-electron chi connectivity index (χ1n) is 11.3. The molecule has 0 bridgehead atoms. The van der Waals surface area contributed by atoms with E-state index in [1.807, 2.05) is 35.2 Å². The molecule has 0 aliphatic heterocycles. The first-order valence-corrected chi connectivity index (χ1v) is 11.3. The Morgan fingerprint density at radius 3 is 2.45 bits per heavy atom. The smallest absolute Gasteiger partial charge is 0.260 e. The van der Waals surface area contributed by atoms with E-state index >= 15 is 0 Å². The van der Waals surface area contributed by atoms with Crippen molar-refractivity contribution in [2.24, 2.45) is 11.1 Å². The molecule has 2 N–H and O–H groups in total. The third-order valence-corrected chi connectivity index (χ3v) is 7.14. The number of ether oxygens (including phenoxy) is 1. The van der Waals surface area contributed by atoms with Crippen molar-refractivity contribution < 1.29 is 9.53 Å². The number of rotatable bonds is 6. The molecule has 0 radical (unpaired) electrons. The van der Waals surface area contributed by atoms with E-state index in [0.29, 0.717) is 24.5 Å². The average Bonchev–Trinajstić information content (AvgIpc) is 2.77. The van der Waals surface area contributed by atoms with E-state index < -0.39 is 0 Å². The average molecular weight is 395 g/mol. The van der Waals surface area contributed by atoms with Crippen LogP contribution in [-0.4, -0.2) is 36.5 Å². The summed E-state index contributed by atoms with van der Waals surface area (Å²) >= 11 is 0. The Kier molecular flexibility index (Phi) is 6.39. The second kappa shape index (κ2) is 9.17. The first-order chi connectivity index (χ1) is 14.2. The van der Waals surface area contributed by atoms with Crippen LogP contribution in [-0.2, 0) is 4.79 Å². The van der Waals surface area contributed by atoms with Gasteiger partial charge in [0, 0.05) is 19.1 Å². The Bertz CT molecular complexity index is 818. The van der Waals surface area contributed by atoms with Gasteiger partial charge in [-0.25, -0.2) is 0 Å². The maximum atomic E-state index is 13.0. The van der Waals surface area contributed by atoms with Gasteiger partial charge < -0.3 is 15.4 Å². The van der Waals surface area contributed by atoms with E-state index in [-0.39, 0.29) is 12.5 Å². The molecule has 0 heterocycles. The largest absolute Gasteiger partial charge is 0.484 e. The van der Waals surface area contributed by atoms with Gasteiger partial charge in [-0.3, -0.25) is 4.79 Å². The molecular formula is C25H34N2O2. The standard InChI is InChI=1S/C25H34N2O2/c26-16-17-27(22-10-14-25(15-11-22)12-4-1-5-13-25)24(28)19-29-23-9-8-20-6-2-3-7-21(20)18-23/h2-3,6-9,18,22H,1,4-5,10-17,19,26H2. The molecule has 29 heavy (non-hydrogen) atoms. The van der Waals surface area contributed by atoms with Crippen LogP contribution < -0.4 is 10.5 Å². The van der Waals surface area contributed by atoms with Crippen LogP contribution >= 0.6 is 0 Å². The minimum Gasteiger partial charge on any atom is -0.484 e. The molecule has 4 heteroatoms. The number of hydrogen-bond donors (Lipinski definition) is 1. The van der Waals surface area contributed by atoms with Crippen LogP contribution in [0.15, 0.2) is 42.5 Å². The van der Waals surface area contributed by atoms with E-state index in [1.165, 1.54) is 50.3 Å². The summed E-state index contributed by atoms with van der Waals surface area (Å²) in [4.78, 5) is 15.0. The number of amides is 1. The van der Waals surface area contributed by atoms with Crippen molar-refractivity contribution >= 4 is 16.7 Å². The van der Waals surface area contributed by atoms with Crippen molar-refractivity contribution in [3.8, 4) is 5.75 Å². The fourth-order valence-corrected chi connectivity index (χ4v) is 5.46. The zero-order valence-electron chi connectivity index (χ0n) is 17.4. The minimum atomic E-state index is 0.0632. The summed E-state index contributed by atoms with van der Waals surface area (Å²) in [5.41, 5.74) is 6.41. The summed E-state index contributed by atoms with van der Waals surface area (Å²) < 4.78 is 5.87. The van der Waals surface area contributed by atoms with E-state index in [2.05, 4.69) is 12.1 Å². The van der Waals surface area contributed by atoms with Gasteiger partial charge in [-0.15, -0.1) is 0 Å². The van der Waals surface area contributed by atoms with Gasteiger partial charge in [0.1, 0.15) is 5.75 Å². The van der Waals surface area contributed by atoms with Crippen LogP contribution in [0.25, 0.3) is 10.8 Å². The Morgan fingerprint density at radius 2 is 1.72 bits per heavy atom. The lowest BCUT2D eigenvalue weighted by molar-refractivity contribution is -0.137. The van der Waals surface area contributed by atoms with E-state index in [0.717, 1.165) is 24.0 Å². The molecule has 0 atom stereocenters. The summed E-state index contributed by atoms with van der Waals surface area (Å²) in [6.07, 6.45) is 11.7. The summed E-state index contributed by atoms with van der Waals surface area (Å²) in [5, 5.41) is 2.30. The molecule has 4 rings (SSSR count). The highest BCUT2D eigenvalue weighted by atomic mass is 16.5. The number of nitrogens with two attached hydrogens (primary N) is 1. The SMILES string of the molecule is NCCN(C(=O)COc1ccc2ccccc2c1)C1CCC2(CCCCC2)CC1. The summed E-state index contributed by atoms with van der Waals surface area (Å²) in [6, 6.07) is 14.5. The van der Waals surface area contributed by atoms with Gasteiger partial charge in [-0.2, -0.15) is 0 Å². The van der Waals surface area contributed by atoms with Gasteiger partial charge in [-0.05, 0) is 66.8 Å². The summed E-state index contributed by atoms with van der Waals surface area (Å²) in [7, 11) is 0. The fourth-order valence-electron chi connectivity index (χ4n) is 5.46. The molecule has 2 saturated carbocycles. The summed E-state index contributed by atoms with van der Waals surface area (Å²) in [5.74, 6) is 0.808. The molecule has 2 aromatic carbocycles. The van der Waals surface area contributed by atoms with E-state index in [4.69, 9.17) is 10.5 Å². The van der Waals surface area contributed by atoms with Crippen LogP contribution in [0.1, 0.15) is 57.8 Å². The van der Waals surface area contributed by atoms with Gasteiger partial charge in [-0.1, -0.05) is 49.6 Å². The highest BCUT2D eigenvalue weighted by molar-refractivity contribution is 5.84. The van der Waals surface area contributed by atoms with Crippen molar-refractivity contribution in [3.63, 3.8) is 0 Å². The lowest BCUT2D eigenvalue weighted by Crippen LogP contribution is -2.48.